The number of benzene rings is 1. The number of ether oxygens (including phenoxy) is 1. The number of hydrogen-bond acceptors (Lipinski definition) is 9. The summed E-state index contributed by atoms with van der Waals surface area (Å²) in [6.45, 7) is 10.7. The maximum absolute atomic E-state index is 11.7. The number of carbonyl (C=O) groups excluding carboxylic acids is 2. The lowest BCUT2D eigenvalue weighted by Crippen LogP contribution is -2.62. The molecule has 4 aliphatic carbocycles. The molecule has 1 aromatic carbocycles. The average molecular weight is 778 g/mol. The van der Waals surface area contributed by atoms with Gasteiger partial charge in [0.15, 0.2) is 0 Å². The van der Waals surface area contributed by atoms with E-state index in [4.69, 9.17) is 9.84 Å². The largest absolute Gasteiger partial charge is 0.492 e. The monoisotopic (exact) mass is 777 g/mol. The van der Waals surface area contributed by atoms with Crippen molar-refractivity contribution < 1.29 is 34.4 Å². The number of carboxylic acids is 1. The third-order valence-electron chi connectivity index (χ3n) is 14.8. The van der Waals surface area contributed by atoms with Gasteiger partial charge in [-0.25, -0.2) is 4.98 Å². The zero-order valence-electron chi connectivity index (χ0n) is 33.4. The molecular formula is C44H63N3O7S. The highest BCUT2D eigenvalue weighted by Gasteiger charge is 2.64. The van der Waals surface area contributed by atoms with Crippen LogP contribution in [0.15, 0.2) is 48.7 Å². The number of rotatable bonds is 12. The minimum absolute atomic E-state index is 0.194. The third-order valence-corrected chi connectivity index (χ3v) is 15.8. The smallest absolute Gasteiger partial charge is 0.303 e. The van der Waals surface area contributed by atoms with Crippen LogP contribution in [0.5, 0.6) is 5.75 Å². The van der Waals surface area contributed by atoms with E-state index in [0.717, 1.165) is 67.5 Å². The minimum atomic E-state index is -0.683. The lowest BCUT2D eigenvalue weighted by Gasteiger charge is -2.64. The van der Waals surface area contributed by atoms with Crippen LogP contribution in [0.4, 0.5) is 10.6 Å². The number of amides is 2. The third kappa shape index (κ3) is 8.89. The summed E-state index contributed by atoms with van der Waals surface area (Å²) < 4.78 is 5.75. The molecule has 10 nitrogen and oxygen atoms in total. The summed E-state index contributed by atoms with van der Waals surface area (Å²) in [5.74, 6) is 4.04. The Morgan fingerprint density at radius 2 is 1.75 bits per heavy atom. The standard InChI is InChI=1S/C26H44O4.C18H19N3O3S/c1-5-17-21-14-16(27)10-12-26(21,4)20-11-13-25(3)18(15(2)6-9-22(28)29)7-8-19(25)23(20)24(17)30;1-21(16-4-2-3-9-19-16)10-11-24-14-7-5-13(6-8-14)12-15-17(22)20-18(23)25-15/h15-21,23-24,27,30H,5-14H2,1-4H3,(H,28,29);2-9,15H,10-12H2,1H3,(H,20,22,23)/t15-,16-,17-,18-,19+,20+,21+,23+,24-,25-,26-;/m1./s1. The van der Waals surface area contributed by atoms with Crippen molar-refractivity contribution in [2.45, 2.75) is 116 Å². The van der Waals surface area contributed by atoms with Crippen LogP contribution in [0.2, 0.25) is 0 Å². The molecule has 2 aromatic rings. The van der Waals surface area contributed by atoms with Crippen LogP contribution < -0.4 is 15.0 Å². The number of thioether (sulfide) groups is 1. The molecular weight excluding hydrogens is 715 g/mol. The van der Waals surface area contributed by atoms with Gasteiger partial charge in [-0.15, -0.1) is 0 Å². The Morgan fingerprint density at radius 3 is 2.40 bits per heavy atom. The molecule has 1 aliphatic heterocycles. The number of hydrogen-bond donors (Lipinski definition) is 4. The van der Waals surface area contributed by atoms with E-state index in [1.165, 1.54) is 25.7 Å². The molecule has 4 N–H and O–H groups in total. The van der Waals surface area contributed by atoms with Gasteiger partial charge in [-0.3, -0.25) is 19.7 Å². The van der Waals surface area contributed by atoms with Gasteiger partial charge in [0.2, 0.25) is 5.91 Å². The molecule has 5 fully saturated rings. The normalized spacial score (nSPS) is 35.7. The number of aliphatic hydroxyl groups excluding tert-OH is 2. The number of likely N-dealkylation sites (N-methyl/N-ethyl adjacent to an activating group) is 1. The number of nitrogens with one attached hydrogen (secondary N) is 1. The summed E-state index contributed by atoms with van der Waals surface area (Å²) in [4.78, 5) is 40.2. The van der Waals surface area contributed by atoms with Crippen molar-refractivity contribution in [1.82, 2.24) is 10.3 Å². The molecule has 0 radical (unpaired) electrons. The van der Waals surface area contributed by atoms with Crippen molar-refractivity contribution in [3.05, 3.63) is 54.2 Å². The second kappa shape index (κ2) is 17.6. The van der Waals surface area contributed by atoms with Crippen molar-refractivity contribution in [1.29, 1.82) is 0 Å². The number of pyridine rings is 1. The highest BCUT2D eigenvalue weighted by atomic mass is 32.2. The summed E-state index contributed by atoms with van der Waals surface area (Å²) in [7, 11) is 1.97. The molecule has 11 heteroatoms. The van der Waals surface area contributed by atoms with E-state index in [-0.39, 0.29) is 45.9 Å². The zero-order chi connectivity index (χ0) is 39.5. The van der Waals surface area contributed by atoms with E-state index < -0.39 is 5.97 Å². The number of aliphatic hydroxyl groups is 2. The van der Waals surface area contributed by atoms with Gasteiger partial charge < -0.3 is 25.0 Å². The fourth-order valence-corrected chi connectivity index (χ4v) is 12.8. The summed E-state index contributed by atoms with van der Waals surface area (Å²) >= 11 is 1.05. The molecule has 1 saturated heterocycles. The fraction of sp³-hybridized carbons (Fsp3) is 0.682. The maximum Gasteiger partial charge on any atom is 0.303 e. The number of aromatic nitrogens is 1. The van der Waals surface area contributed by atoms with Crippen LogP contribution in [0, 0.1) is 52.3 Å². The minimum Gasteiger partial charge on any atom is -0.492 e. The van der Waals surface area contributed by atoms with E-state index in [2.05, 4.69) is 38.0 Å². The Hall–Kier alpha value is -3.15. The van der Waals surface area contributed by atoms with Gasteiger partial charge >= 0.3 is 5.97 Å². The van der Waals surface area contributed by atoms with Crippen LogP contribution in [-0.2, 0) is 16.0 Å². The summed E-state index contributed by atoms with van der Waals surface area (Å²) in [6.07, 6.45) is 11.6. The lowest BCUT2D eigenvalue weighted by molar-refractivity contribution is -0.203. The van der Waals surface area contributed by atoms with Crippen LogP contribution >= 0.6 is 11.8 Å². The second-order valence-electron chi connectivity index (χ2n) is 17.7. The molecule has 5 aliphatic rings. The SMILES string of the molecule is CC[C@H]1[C@@H](O)[C@@H]2[C@H](CC[C@]3(C)[C@@H]([C@H](C)CCC(=O)O)CC[C@@H]23)[C@@]2(C)CC[C@@H](O)C[C@@H]12.CN(CCOc1ccc(CC2SC(=O)NC2=O)cc1)c1ccccn1. The van der Waals surface area contributed by atoms with Gasteiger partial charge in [-0.05, 0) is 140 Å². The van der Waals surface area contributed by atoms with Crippen molar-refractivity contribution in [3.63, 3.8) is 0 Å². The number of imide groups is 1. The van der Waals surface area contributed by atoms with E-state index in [9.17, 15) is 24.6 Å². The highest BCUT2D eigenvalue weighted by molar-refractivity contribution is 8.15. The average Bonchev–Trinajstić information content (AvgIpc) is 3.69. The van der Waals surface area contributed by atoms with Crippen molar-refractivity contribution in [3.8, 4) is 5.75 Å². The summed E-state index contributed by atoms with van der Waals surface area (Å²) in [5, 5.41) is 33.0. The van der Waals surface area contributed by atoms with E-state index in [0.29, 0.717) is 54.5 Å². The molecule has 2 amide bonds. The number of anilines is 1. The Morgan fingerprint density at radius 1 is 1.02 bits per heavy atom. The number of fused-ring (bicyclic) bond motifs is 5. The molecule has 0 bridgehead atoms. The van der Waals surface area contributed by atoms with Crippen LogP contribution in [0.3, 0.4) is 0 Å². The van der Waals surface area contributed by atoms with Gasteiger partial charge in [0, 0.05) is 19.7 Å². The fourth-order valence-electron chi connectivity index (χ4n) is 11.9. The van der Waals surface area contributed by atoms with Gasteiger partial charge in [0.05, 0.1) is 24.0 Å². The Kier molecular flexibility index (Phi) is 13.2. The van der Waals surface area contributed by atoms with Gasteiger partial charge in [0.1, 0.15) is 18.2 Å². The molecule has 12 atom stereocenters. The van der Waals surface area contributed by atoms with Gasteiger partial charge in [0.25, 0.3) is 5.24 Å². The predicted molar refractivity (Wildman–Crippen MR) is 216 cm³/mol. The first-order chi connectivity index (χ1) is 26.2. The quantitative estimate of drug-likeness (QED) is 0.170. The van der Waals surface area contributed by atoms with Crippen LogP contribution in [-0.4, -0.2) is 75.1 Å². The molecule has 4 saturated carbocycles. The molecule has 0 spiro atoms. The first kappa shape index (κ1) is 41.5. The molecule has 2 heterocycles. The maximum atomic E-state index is 11.7. The van der Waals surface area contributed by atoms with E-state index in [1.807, 2.05) is 54.4 Å². The van der Waals surface area contributed by atoms with E-state index in [1.54, 1.807) is 6.20 Å². The molecule has 1 aromatic heterocycles. The molecule has 55 heavy (non-hydrogen) atoms. The Bertz CT molecular complexity index is 1630. The summed E-state index contributed by atoms with van der Waals surface area (Å²) in [5.41, 5.74) is 1.48. The predicted octanol–water partition coefficient (Wildman–Crippen LogP) is 7.60. The van der Waals surface area contributed by atoms with E-state index >= 15 is 0 Å². The number of aliphatic carboxylic acids is 1. The lowest BCUT2D eigenvalue weighted by atomic mass is 9.41. The Labute approximate surface area is 331 Å². The van der Waals surface area contributed by atoms with Crippen LogP contribution in [0.25, 0.3) is 0 Å². The number of carbonyl (C=O) groups is 3. The number of carboxylic acid groups (broad SMARTS) is 1. The molecule has 7 rings (SSSR count). The number of nitrogens with zero attached hydrogens (tertiary/aromatic N) is 2. The van der Waals surface area contributed by atoms with Crippen LogP contribution in [0.1, 0.15) is 97.5 Å². The summed E-state index contributed by atoms with van der Waals surface area (Å²) in [6, 6.07) is 13.4. The first-order valence-electron chi connectivity index (χ1n) is 20.7. The van der Waals surface area contributed by atoms with Crippen molar-refractivity contribution in [2.75, 3.05) is 25.1 Å². The topological polar surface area (TPSA) is 149 Å². The Balaban J connectivity index is 0.000000190. The molecule has 302 valence electrons. The highest BCUT2D eigenvalue weighted by Crippen LogP contribution is 2.69. The van der Waals surface area contributed by atoms with Gasteiger partial charge in [-0.1, -0.05) is 64.1 Å². The first-order valence-corrected chi connectivity index (χ1v) is 21.6. The molecule has 1 unspecified atom stereocenters. The van der Waals surface area contributed by atoms with Crippen molar-refractivity contribution in [2.24, 2.45) is 52.3 Å². The zero-order valence-corrected chi connectivity index (χ0v) is 34.2. The van der Waals surface area contributed by atoms with Crippen molar-refractivity contribution >= 4 is 34.7 Å². The van der Waals surface area contributed by atoms with Gasteiger partial charge in [-0.2, -0.15) is 0 Å². The second-order valence-corrected chi connectivity index (χ2v) is 18.9.